The third-order valence-electron chi connectivity index (χ3n) is 4.21. The van der Waals surface area contributed by atoms with Gasteiger partial charge in [0.05, 0.1) is 5.56 Å². The smallest absolute Gasteiger partial charge is 0.180 e. The number of rotatable bonds is 1. The van der Waals surface area contributed by atoms with Crippen LogP contribution >= 0.6 is 28.3 Å². The van der Waals surface area contributed by atoms with Gasteiger partial charge in [0.2, 0.25) is 0 Å². The molecule has 4 aromatic rings. The van der Waals surface area contributed by atoms with Crippen LogP contribution in [0.15, 0.2) is 59.6 Å². The van der Waals surface area contributed by atoms with E-state index in [4.69, 9.17) is 10.5 Å². The Kier molecular flexibility index (Phi) is 12.3. The molecule has 0 aliphatic carbocycles. The Bertz CT molecular complexity index is 1440. The normalized spacial score (nSPS) is 9.45. The number of nitriles is 2. The Labute approximate surface area is 224 Å². The Morgan fingerprint density at radius 2 is 0.947 bits per heavy atom. The zero-order chi connectivity index (χ0) is 27.7. The van der Waals surface area contributed by atoms with Crippen LogP contribution in [0.2, 0.25) is 0 Å². The van der Waals surface area contributed by atoms with Gasteiger partial charge in [0.15, 0.2) is 46.5 Å². The molecule has 2 aromatic carbocycles. The van der Waals surface area contributed by atoms with E-state index in [0.29, 0.717) is 0 Å². The van der Waals surface area contributed by atoms with Crippen molar-refractivity contribution >= 4 is 28.3 Å². The van der Waals surface area contributed by atoms with E-state index in [1.807, 2.05) is 12.1 Å². The van der Waals surface area contributed by atoms with E-state index in [-0.39, 0.29) is 24.0 Å². The summed E-state index contributed by atoms with van der Waals surface area (Å²) in [4.78, 5) is 7.44. The molecule has 0 saturated carbocycles. The molecule has 0 radical (unpaired) electrons. The molecule has 0 saturated heterocycles. The molecule has 0 unspecified atom stereocenters. The predicted molar refractivity (Wildman–Crippen MR) is 124 cm³/mol. The molecule has 0 aliphatic heterocycles. The van der Waals surface area contributed by atoms with Crippen LogP contribution in [0, 0.1) is 69.2 Å². The Balaban J connectivity index is 0.000000311. The van der Waals surface area contributed by atoms with Crippen molar-refractivity contribution in [1.29, 1.82) is 10.5 Å². The van der Waals surface area contributed by atoms with Crippen molar-refractivity contribution in [2.45, 2.75) is 0 Å². The van der Waals surface area contributed by atoms with Crippen LogP contribution in [-0.4, -0.2) is 9.97 Å². The molecule has 0 aliphatic rings. The molecular weight excluding hydrogens is 612 g/mol. The van der Waals surface area contributed by atoms with Gasteiger partial charge in [-0.2, -0.15) is 10.5 Å². The molecule has 0 amide bonds. The summed E-state index contributed by atoms with van der Waals surface area (Å²) in [7, 11) is 0. The maximum absolute atomic E-state index is 13.6. The number of hydrogen-bond donors (Lipinski definition) is 0. The standard InChI is InChI=1S/C12H4F4N2.C7HF4N.C5H4BrN.ClH/c13-9-7(5-17)10(14)12(16)8(11(9)15)6-1-3-18-4-2-6;8-4-1-5(9)7(11)3(2-12)6(4)10;6-5-1-3-7-4-2-5;/h1-4H;1H;1-4H;1H. The second-order valence-corrected chi connectivity index (χ2v) is 7.39. The Hall–Kier alpha value is -4.07. The lowest BCUT2D eigenvalue weighted by atomic mass is 10.0. The number of hydrogen-bond acceptors (Lipinski definition) is 4. The van der Waals surface area contributed by atoms with Gasteiger partial charge < -0.3 is 0 Å². The van der Waals surface area contributed by atoms with E-state index < -0.39 is 63.2 Å². The SMILES string of the molecule is Brc1ccncc1.Cl.N#Cc1c(F)c(F)c(-c2ccncc2)c(F)c1F.N#Cc1c(F)c(F)cc(F)c1F. The Morgan fingerprint density at radius 1 is 0.579 bits per heavy atom. The van der Waals surface area contributed by atoms with Gasteiger partial charge in [-0.15, -0.1) is 12.4 Å². The van der Waals surface area contributed by atoms with Gasteiger partial charge in [-0.05, 0) is 29.8 Å². The molecule has 4 rings (SSSR count). The second kappa shape index (κ2) is 14.6. The minimum absolute atomic E-state index is 0. The van der Waals surface area contributed by atoms with E-state index in [1.54, 1.807) is 12.4 Å². The summed E-state index contributed by atoms with van der Waals surface area (Å²) in [5, 5.41) is 16.5. The summed E-state index contributed by atoms with van der Waals surface area (Å²) in [5.74, 6) is -13.1. The number of pyridine rings is 2. The fourth-order valence-electron chi connectivity index (χ4n) is 2.51. The molecule has 2 aromatic heterocycles. The number of halogens is 10. The lowest BCUT2D eigenvalue weighted by Crippen LogP contribution is -2.03. The largest absolute Gasteiger partial charge is 0.265 e. The average Bonchev–Trinajstić information content (AvgIpc) is 2.89. The maximum Gasteiger partial charge on any atom is 0.180 e. The zero-order valence-electron chi connectivity index (χ0n) is 18.3. The van der Waals surface area contributed by atoms with Gasteiger partial charge in [0.25, 0.3) is 0 Å². The minimum Gasteiger partial charge on any atom is -0.265 e. The van der Waals surface area contributed by atoms with Crippen molar-refractivity contribution in [1.82, 2.24) is 9.97 Å². The molecule has 0 spiro atoms. The van der Waals surface area contributed by atoms with E-state index in [1.165, 1.54) is 24.5 Å². The lowest BCUT2D eigenvalue weighted by molar-refractivity contribution is 0.450. The van der Waals surface area contributed by atoms with Crippen LogP contribution in [0.1, 0.15) is 11.1 Å². The molecule has 196 valence electrons. The second-order valence-electron chi connectivity index (χ2n) is 6.47. The number of benzene rings is 2. The highest BCUT2D eigenvalue weighted by atomic mass is 79.9. The fourth-order valence-corrected chi connectivity index (χ4v) is 2.74. The van der Waals surface area contributed by atoms with Crippen LogP contribution in [0.4, 0.5) is 35.1 Å². The number of nitrogens with zero attached hydrogens (tertiary/aromatic N) is 4. The molecule has 14 heteroatoms. The van der Waals surface area contributed by atoms with Crippen LogP contribution in [-0.2, 0) is 0 Å². The molecule has 4 nitrogen and oxygen atoms in total. The monoisotopic (exact) mass is 620 g/mol. The summed E-state index contributed by atoms with van der Waals surface area (Å²) >= 11 is 3.27. The highest BCUT2D eigenvalue weighted by Gasteiger charge is 2.26. The lowest BCUT2D eigenvalue weighted by Gasteiger charge is -2.08. The van der Waals surface area contributed by atoms with E-state index in [2.05, 4.69) is 25.9 Å². The zero-order valence-corrected chi connectivity index (χ0v) is 20.7. The number of aromatic nitrogens is 2. The maximum atomic E-state index is 13.6. The summed E-state index contributed by atoms with van der Waals surface area (Å²) in [5.41, 5.74) is -3.44. The van der Waals surface area contributed by atoms with Gasteiger partial charge in [-0.1, -0.05) is 15.9 Å². The van der Waals surface area contributed by atoms with Crippen molar-refractivity contribution in [3.8, 4) is 23.3 Å². The van der Waals surface area contributed by atoms with Gasteiger partial charge >= 0.3 is 0 Å². The van der Waals surface area contributed by atoms with Crippen LogP contribution < -0.4 is 0 Å². The van der Waals surface area contributed by atoms with Crippen molar-refractivity contribution in [2.75, 3.05) is 0 Å². The summed E-state index contributed by atoms with van der Waals surface area (Å²) in [6, 6.07) is 8.32. The molecular formula is C24H10BrClF8N4. The van der Waals surface area contributed by atoms with Crippen molar-refractivity contribution in [3.05, 3.63) is 117 Å². The van der Waals surface area contributed by atoms with Gasteiger partial charge in [0, 0.05) is 35.3 Å². The average molecular weight is 622 g/mol. The molecule has 0 fully saturated rings. The third kappa shape index (κ3) is 7.47. The first-order valence-corrected chi connectivity index (χ1v) is 10.3. The summed E-state index contributed by atoms with van der Waals surface area (Å²) in [6.45, 7) is 0. The third-order valence-corrected chi connectivity index (χ3v) is 4.74. The van der Waals surface area contributed by atoms with Crippen molar-refractivity contribution in [3.63, 3.8) is 0 Å². The highest BCUT2D eigenvalue weighted by Crippen LogP contribution is 2.31. The first kappa shape index (κ1) is 32.0. The molecule has 2 heterocycles. The molecule has 0 atom stereocenters. The van der Waals surface area contributed by atoms with E-state index in [9.17, 15) is 35.1 Å². The minimum atomic E-state index is -1.71. The fraction of sp³-hybridized carbons (Fsp3) is 0. The first-order valence-electron chi connectivity index (χ1n) is 9.50. The van der Waals surface area contributed by atoms with E-state index >= 15 is 0 Å². The summed E-state index contributed by atoms with van der Waals surface area (Å²) < 4.78 is 104. The van der Waals surface area contributed by atoms with Gasteiger partial charge in [-0.3, -0.25) is 9.97 Å². The predicted octanol–water partition coefficient (Wildman–Crippen LogP) is 7.56. The molecule has 0 N–H and O–H groups in total. The van der Waals surface area contributed by atoms with Gasteiger partial charge in [-0.25, -0.2) is 35.1 Å². The van der Waals surface area contributed by atoms with Gasteiger partial charge in [0.1, 0.15) is 23.3 Å². The Morgan fingerprint density at radius 3 is 1.29 bits per heavy atom. The highest BCUT2D eigenvalue weighted by molar-refractivity contribution is 9.10. The van der Waals surface area contributed by atoms with Crippen LogP contribution in [0.3, 0.4) is 0 Å². The quantitative estimate of drug-likeness (QED) is 0.163. The van der Waals surface area contributed by atoms with E-state index in [0.717, 1.165) is 16.6 Å². The first-order chi connectivity index (χ1) is 17.5. The van der Waals surface area contributed by atoms with Crippen LogP contribution in [0.25, 0.3) is 11.1 Å². The van der Waals surface area contributed by atoms with Crippen molar-refractivity contribution < 1.29 is 35.1 Å². The van der Waals surface area contributed by atoms with Crippen LogP contribution in [0.5, 0.6) is 0 Å². The van der Waals surface area contributed by atoms with Crippen molar-refractivity contribution in [2.24, 2.45) is 0 Å². The molecule has 0 bridgehead atoms. The summed E-state index contributed by atoms with van der Waals surface area (Å²) in [6.07, 6.45) is 5.93. The topological polar surface area (TPSA) is 73.4 Å². The molecule has 38 heavy (non-hydrogen) atoms.